The number of halogens is 1. The van der Waals surface area contributed by atoms with E-state index in [4.69, 9.17) is 4.99 Å². The van der Waals surface area contributed by atoms with Crippen molar-refractivity contribution in [2.75, 3.05) is 44.2 Å². The molecule has 1 fully saturated rings. The van der Waals surface area contributed by atoms with Crippen molar-refractivity contribution in [3.8, 4) is 0 Å². The first-order valence-electron chi connectivity index (χ1n) is 10.4. The molecule has 1 atom stereocenters. The van der Waals surface area contributed by atoms with Gasteiger partial charge in [-0.2, -0.15) is 5.10 Å². The molecule has 7 heteroatoms. The number of guanidine groups is 1. The second-order valence-corrected chi connectivity index (χ2v) is 7.53. The number of rotatable bonds is 7. The van der Waals surface area contributed by atoms with Crippen molar-refractivity contribution >= 4 is 35.6 Å². The molecule has 3 rings (SSSR count). The van der Waals surface area contributed by atoms with E-state index in [1.807, 2.05) is 17.9 Å². The van der Waals surface area contributed by atoms with Gasteiger partial charge in [-0.05, 0) is 50.5 Å². The fraction of sp³-hybridized carbons (Fsp3) is 0.545. The monoisotopic (exact) mass is 510 g/mol. The Kier molecular flexibility index (Phi) is 9.26. The maximum Gasteiger partial charge on any atom is 0.193 e. The summed E-state index contributed by atoms with van der Waals surface area (Å²) in [5, 5.41) is 7.81. The molecule has 1 unspecified atom stereocenters. The summed E-state index contributed by atoms with van der Waals surface area (Å²) in [4.78, 5) is 9.72. The third-order valence-electron chi connectivity index (χ3n) is 5.40. The molecule has 0 aliphatic carbocycles. The number of hydrogen-bond acceptors (Lipinski definition) is 3. The molecule has 29 heavy (non-hydrogen) atoms. The predicted molar refractivity (Wildman–Crippen MR) is 133 cm³/mol. The van der Waals surface area contributed by atoms with Gasteiger partial charge in [-0.1, -0.05) is 12.1 Å². The van der Waals surface area contributed by atoms with Gasteiger partial charge in [-0.25, -0.2) is 0 Å². The first-order valence-corrected chi connectivity index (χ1v) is 10.4. The lowest BCUT2D eigenvalue weighted by atomic mass is 10.0. The van der Waals surface area contributed by atoms with Crippen LogP contribution in [0, 0.1) is 6.92 Å². The van der Waals surface area contributed by atoms with E-state index in [2.05, 4.69) is 71.4 Å². The molecule has 0 spiro atoms. The van der Waals surface area contributed by atoms with Gasteiger partial charge in [0.25, 0.3) is 0 Å². The third-order valence-corrected chi connectivity index (χ3v) is 5.40. The van der Waals surface area contributed by atoms with Crippen LogP contribution in [0.15, 0.2) is 41.7 Å². The standard InChI is InChI=1S/C22H34N6.HI/c1-5-23-22(28-12-10-19(17-28)20-15-25-26(4)16-20)24-11-13-27(6-2)21-9-7-8-18(3)14-21;/h7-9,14-16,19H,5-6,10-13,17H2,1-4H3,(H,23,24);1H. The molecule has 0 bridgehead atoms. The van der Waals surface area contributed by atoms with Gasteiger partial charge in [0.1, 0.15) is 0 Å². The minimum atomic E-state index is 0. The van der Waals surface area contributed by atoms with E-state index >= 15 is 0 Å². The van der Waals surface area contributed by atoms with Gasteiger partial charge in [0, 0.05) is 57.6 Å². The van der Waals surface area contributed by atoms with Crippen molar-refractivity contribution < 1.29 is 0 Å². The zero-order valence-corrected chi connectivity index (χ0v) is 20.5. The molecular weight excluding hydrogens is 475 g/mol. The van der Waals surface area contributed by atoms with Crippen molar-refractivity contribution in [3.63, 3.8) is 0 Å². The average molecular weight is 510 g/mol. The molecular formula is C22H35IN6. The number of benzene rings is 1. The molecule has 0 saturated carbocycles. The summed E-state index contributed by atoms with van der Waals surface area (Å²) < 4.78 is 1.89. The molecule has 1 saturated heterocycles. The van der Waals surface area contributed by atoms with Crippen molar-refractivity contribution in [2.45, 2.75) is 33.1 Å². The summed E-state index contributed by atoms with van der Waals surface area (Å²) in [6.07, 6.45) is 5.29. The smallest absolute Gasteiger partial charge is 0.193 e. The number of likely N-dealkylation sites (N-methyl/N-ethyl adjacent to an activating group) is 1. The summed E-state index contributed by atoms with van der Waals surface area (Å²) in [5.41, 5.74) is 3.91. The van der Waals surface area contributed by atoms with E-state index < -0.39 is 0 Å². The largest absolute Gasteiger partial charge is 0.370 e. The lowest BCUT2D eigenvalue weighted by Crippen LogP contribution is -2.40. The van der Waals surface area contributed by atoms with Gasteiger partial charge in [-0.15, -0.1) is 24.0 Å². The Bertz CT molecular complexity index is 787. The Hall–Kier alpha value is -1.77. The normalized spacial score (nSPS) is 16.6. The molecule has 0 radical (unpaired) electrons. The van der Waals surface area contributed by atoms with E-state index in [0.717, 1.165) is 51.6 Å². The van der Waals surface area contributed by atoms with Gasteiger partial charge >= 0.3 is 0 Å². The number of hydrogen-bond donors (Lipinski definition) is 1. The Labute approximate surface area is 192 Å². The zero-order valence-electron chi connectivity index (χ0n) is 18.1. The first-order chi connectivity index (χ1) is 13.6. The SMILES string of the molecule is CCNC(=NCCN(CC)c1cccc(C)c1)N1CCC(c2cnn(C)c2)C1.I. The van der Waals surface area contributed by atoms with E-state index in [1.165, 1.54) is 16.8 Å². The number of anilines is 1. The Morgan fingerprint density at radius 2 is 2.17 bits per heavy atom. The average Bonchev–Trinajstić information content (AvgIpc) is 3.33. The molecule has 0 amide bonds. The number of nitrogens with one attached hydrogen (secondary N) is 1. The van der Waals surface area contributed by atoms with E-state index in [1.54, 1.807) is 0 Å². The van der Waals surface area contributed by atoms with Crippen LogP contribution in [0.3, 0.4) is 0 Å². The van der Waals surface area contributed by atoms with E-state index in [-0.39, 0.29) is 24.0 Å². The molecule has 1 N–H and O–H groups in total. The van der Waals surface area contributed by atoms with Crippen LogP contribution in [-0.4, -0.2) is 59.9 Å². The van der Waals surface area contributed by atoms with Gasteiger partial charge in [0.15, 0.2) is 5.96 Å². The van der Waals surface area contributed by atoms with Crippen LogP contribution < -0.4 is 10.2 Å². The van der Waals surface area contributed by atoms with Crippen LogP contribution >= 0.6 is 24.0 Å². The van der Waals surface area contributed by atoms with Crippen LogP contribution in [0.1, 0.15) is 37.3 Å². The molecule has 1 aromatic carbocycles. The number of likely N-dealkylation sites (tertiary alicyclic amines) is 1. The topological polar surface area (TPSA) is 48.7 Å². The molecule has 1 aromatic heterocycles. The van der Waals surface area contributed by atoms with Crippen LogP contribution in [0.25, 0.3) is 0 Å². The lowest BCUT2D eigenvalue weighted by molar-refractivity contribution is 0.486. The highest BCUT2D eigenvalue weighted by atomic mass is 127. The maximum atomic E-state index is 4.93. The highest BCUT2D eigenvalue weighted by Gasteiger charge is 2.26. The molecule has 2 heterocycles. The fourth-order valence-electron chi connectivity index (χ4n) is 3.87. The number of aliphatic imine (C=N–C) groups is 1. The molecule has 2 aromatic rings. The summed E-state index contributed by atoms with van der Waals surface area (Å²) in [5.74, 6) is 1.58. The van der Waals surface area contributed by atoms with Crippen LogP contribution in [0.2, 0.25) is 0 Å². The van der Waals surface area contributed by atoms with Crippen molar-refractivity contribution in [2.24, 2.45) is 12.0 Å². The number of nitrogens with zero attached hydrogens (tertiary/aromatic N) is 5. The van der Waals surface area contributed by atoms with Gasteiger partial charge in [0.2, 0.25) is 0 Å². The first kappa shape index (κ1) is 23.5. The highest BCUT2D eigenvalue weighted by Crippen LogP contribution is 2.26. The van der Waals surface area contributed by atoms with Crippen LogP contribution in [-0.2, 0) is 7.05 Å². The molecule has 6 nitrogen and oxygen atoms in total. The minimum Gasteiger partial charge on any atom is -0.370 e. The minimum absolute atomic E-state index is 0. The summed E-state index contributed by atoms with van der Waals surface area (Å²) in [7, 11) is 1.98. The number of aromatic nitrogens is 2. The van der Waals surface area contributed by atoms with E-state index in [9.17, 15) is 0 Å². The number of aryl methyl sites for hydroxylation is 2. The van der Waals surface area contributed by atoms with Crippen LogP contribution in [0.4, 0.5) is 5.69 Å². The second-order valence-electron chi connectivity index (χ2n) is 7.53. The fourth-order valence-corrected chi connectivity index (χ4v) is 3.87. The third kappa shape index (κ3) is 6.35. The highest BCUT2D eigenvalue weighted by molar-refractivity contribution is 14.0. The zero-order chi connectivity index (χ0) is 19.9. The summed E-state index contributed by atoms with van der Waals surface area (Å²) >= 11 is 0. The van der Waals surface area contributed by atoms with Crippen molar-refractivity contribution in [1.29, 1.82) is 0 Å². The predicted octanol–water partition coefficient (Wildman–Crippen LogP) is 3.63. The van der Waals surface area contributed by atoms with Crippen molar-refractivity contribution in [1.82, 2.24) is 20.0 Å². The molecule has 1 aliphatic heterocycles. The Morgan fingerprint density at radius 3 is 2.83 bits per heavy atom. The molecule has 160 valence electrons. The summed E-state index contributed by atoms with van der Waals surface area (Å²) in [6, 6.07) is 8.70. The Balaban J connectivity index is 0.00000300. The van der Waals surface area contributed by atoms with Gasteiger partial charge in [0.05, 0.1) is 12.7 Å². The maximum absolute atomic E-state index is 4.93. The lowest BCUT2D eigenvalue weighted by Gasteiger charge is -2.24. The molecule has 1 aliphatic rings. The van der Waals surface area contributed by atoms with Gasteiger partial charge < -0.3 is 15.1 Å². The van der Waals surface area contributed by atoms with Gasteiger partial charge in [-0.3, -0.25) is 9.67 Å². The summed E-state index contributed by atoms with van der Waals surface area (Å²) in [6.45, 7) is 12.1. The van der Waals surface area contributed by atoms with Crippen LogP contribution in [0.5, 0.6) is 0 Å². The second kappa shape index (κ2) is 11.4. The Morgan fingerprint density at radius 1 is 1.34 bits per heavy atom. The van der Waals surface area contributed by atoms with E-state index in [0.29, 0.717) is 5.92 Å². The van der Waals surface area contributed by atoms with Crippen molar-refractivity contribution in [3.05, 3.63) is 47.8 Å². The quantitative estimate of drug-likeness (QED) is 0.351.